The fourth-order valence-electron chi connectivity index (χ4n) is 3.72. The number of rotatable bonds is 16. The van der Waals surface area contributed by atoms with E-state index in [9.17, 15) is 4.79 Å². The van der Waals surface area contributed by atoms with E-state index >= 15 is 0 Å². The number of benzene rings is 1. The molecule has 1 N–H and O–H groups in total. The van der Waals surface area contributed by atoms with Crippen molar-refractivity contribution in [1.82, 2.24) is 4.98 Å². The summed E-state index contributed by atoms with van der Waals surface area (Å²) in [5.74, 6) is 0.300. The molecule has 0 spiro atoms. The average molecular weight is 511 g/mol. The van der Waals surface area contributed by atoms with Crippen LogP contribution in [0.5, 0.6) is 5.75 Å². The molecule has 2 rings (SSSR count). The number of halogens is 2. The Kier molecular flexibility index (Phi) is 13.0. The van der Waals surface area contributed by atoms with Crippen molar-refractivity contribution in [2.75, 3.05) is 0 Å². The Morgan fingerprint density at radius 3 is 2.26 bits per heavy atom. The minimum absolute atomic E-state index is 0.199. The predicted octanol–water partition coefficient (Wildman–Crippen LogP) is 9.53. The van der Waals surface area contributed by atoms with Crippen molar-refractivity contribution >= 4 is 44.4 Å². The second kappa shape index (κ2) is 15.5. The molecule has 0 bridgehead atoms. The zero-order valence-electron chi connectivity index (χ0n) is 18.9. The molecule has 0 amide bonds. The van der Waals surface area contributed by atoms with Crippen LogP contribution < -0.4 is 4.74 Å². The van der Waals surface area contributed by atoms with Crippen LogP contribution in [0, 0.1) is 0 Å². The molecule has 0 saturated heterocycles. The number of ether oxygens (including phenoxy) is 1. The van der Waals surface area contributed by atoms with Crippen LogP contribution in [0.15, 0.2) is 35.0 Å². The van der Waals surface area contributed by atoms with Crippen LogP contribution in [0.25, 0.3) is 10.9 Å². The topological polar surface area (TPSA) is 42.1 Å². The van der Waals surface area contributed by atoms with Crippen LogP contribution in [0.1, 0.15) is 96.8 Å². The number of esters is 1. The molecule has 3 nitrogen and oxygen atoms in total. The summed E-state index contributed by atoms with van der Waals surface area (Å²) in [5.41, 5.74) is 0.858. The van der Waals surface area contributed by atoms with Gasteiger partial charge in [0.1, 0.15) is 0 Å². The molecule has 172 valence electrons. The Bertz CT molecular complexity index is 815. The maximum Gasteiger partial charge on any atom is 0.311 e. The molecular weight excluding hydrogens is 474 g/mol. The number of carbonyl (C=O) groups is 1. The van der Waals surface area contributed by atoms with Crippen molar-refractivity contribution in [3.05, 3.63) is 40.0 Å². The number of nitrogens with one attached hydrogen (secondary N) is 1. The SMILES string of the molecule is CCCCCCCCC=CCCCCCCCC(=O)Oc1c[nH]c2ccc(Br)c(Cl)c12. The van der Waals surface area contributed by atoms with Crippen LogP contribution in [0.3, 0.4) is 0 Å². The minimum atomic E-state index is -0.199. The molecule has 0 saturated carbocycles. The molecule has 5 heteroatoms. The van der Waals surface area contributed by atoms with Crippen LogP contribution >= 0.6 is 27.5 Å². The standard InChI is InChI=1S/C26H37BrClNO2/c1-2-3-4-5-6-7-8-9-10-11-12-13-14-15-16-17-24(30)31-23-20-29-22-19-18-21(27)26(28)25(22)23/h9-10,18-20,29H,2-8,11-17H2,1H3. The Morgan fingerprint density at radius 2 is 1.58 bits per heavy atom. The van der Waals surface area contributed by atoms with Gasteiger partial charge in [0.05, 0.1) is 15.9 Å². The van der Waals surface area contributed by atoms with Gasteiger partial charge in [0.25, 0.3) is 0 Å². The lowest BCUT2D eigenvalue weighted by Gasteiger charge is -2.05. The number of hydrogen-bond donors (Lipinski definition) is 1. The van der Waals surface area contributed by atoms with Crippen molar-refractivity contribution in [3.8, 4) is 5.75 Å². The van der Waals surface area contributed by atoms with Crippen LogP contribution in [0.2, 0.25) is 5.02 Å². The third-order valence-corrected chi connectivity index (χ3v) is 6.85. The highest BCUT2D eigenvalue weighted by atomic mass is 79.9. The first-order chi connectivity index (χ1) is 15.1. The Balaban J connectivity index is 1.49. The second-order valence-corrected chi connectivity index (χ2v) is 9.48. The Morgan fingerprint density at radius 1 is 0.968 bits per heavy atom. The molecule has 0 aliphatic heterocycles. The quantitative estimate of drug-likeness (QED) is 0.139. The Hall–Kier alpha value is -1.26. The van der Waals surface area contributed by atoms with Crippen molar-refractivity contribution in [2.45, 2.75) is 96.8 Å². The van der Waals surface area contributed by atoms with Crippen molar-refractivity contribution < 1.29 is 9.53 Å². The number of H-pyrrole nitrogens is 1. The van der Waals surface area contributed by atoms with Gasteiger partial charge in [0.2, 0.25) is 0 Å². The van der Waals surface area contributed by atoms with E-state index < -0.39 is 0 Å². The van der Waals surface area contributed by atoms with E-state index in [1.54, 1.807) is 6.20 Å². The smallest absolute Gasteiger partial charge is 0.311 e. The highest BCUT2D eigenvalue weighted by molar-refractivity contribution is 9.10. The zero-order chi connectivity index (χ0) is 22.3. The third kappa shape index (κ3) is 9.82. The Labute approximate surface area is 201 Å². The number of allylic oxidation sites excluding steroid dienone is 2. The summed E-state index contributed by atoms with van der Waals surface area (Å²) in [6, 6.07) is 3.78. The van der Waals surface area contributed by atoms with Crippen LogP contribution in [0.4, 0.5) is 0 Å². The normalized spacial score (nSPS) is 11.6. The number of fused-ring (bicyclic) bond motifs is 1. The lowest BCUT2D eigenvalue weighted by Crippen LogP contribution is -2.07. The molecule has 0 aliphatic carbocycles. The molecule has 2 aromatic rings. The van der Waals surface area contributed by atoms with Crippen molar-refractivity contribution in [3.63, 3.8) is 0 Å². The first kappa shape index (κ1) is 26.0. The number of unbranched alkanes of at least 4 members (excludes halogenated alkanes) is 11. The van der Waals surface area contributed by atoms with Crippen molar-refractivity contribution in [1.29, 1.82) is 0 Å². The molecule has 1 aromatic carbocycles. The lowest BCUT2D eigenvalue weighted by molar-refractivity contribution is -0.134. The molecule has 31 heavy (non-hydrogen) atoms. The predicted molar refractivity (Wildman–Crippen MR) is 136 cm³/mol. The molecule has 1 heterocycles. The van der Waals surface area contributed by atoms with Gasteiger partial charge in [-0.15, -0.1) is 0 Å². The molecule has 0 aliphatic rings. The summed E-state index contributed by atoms with van der Waals surface area (Å²) in [6.07, 6.45) is 23.0. The van der Waals surface area contributed by atoms with E-state index in [0.717, 1.165) is 28.2 Å². The van der Waals surface area contributed by atoms with Gasteiger partial charge in [0.15, 0.2) is 5.75 Å². The molecular formula is C26H37BrClNO2. The van der Waals surface area contributed by atoms with E-state index in [4.69, 9.17) is 16.3 Å². The molecule has 0 unspecified atom stereocenters. The second-order valence-electron chi connectivity index (χ2n) is 8.25. The molecule has 1 aromatic heterocycles. The summed E-state index contributed by atoms with van der Waals surface area (Å²) in [4.78, 5) is 15.3. The van der Waals surface area contributed by atoms with Gasteiger partial charge in [-0.3, -0.25) is 4.79 Å². The first-order valence-corrected chi connectivity index (χ1v) is 13.1. The van der Waals surface area contributed by atoms with Gasteiger partial charge < -0.3 is 9.72 Å². The van der Waals surface area contributed by atoms with Gasteiger partial charge in [-0.2, -0.15) is 0 Å². The summed E-state index contributed by atoms with van der Waals surface area (Å²) < 4.78 is 6.33. The number of aromatic nitrogens is 1. The maximum absolute atomic E-state index is 12.2. The summed E-state index contributed by atoms with van der Waals surface area (Å²) in [5, 5.41) is 1.30. The van der Waals surface area contributed by atoms with Crippen molar-refractivity contribution in [2.24, 2.45) is 0 Å². The molecule has 0 radical (unpaired) electrons. The minimum Gasteiger partial charge on any atom is -0.424 e. The lowest BCUT2D eigenvalue weighted by atomic mass is 10.1. The van der Waals surface area contributed by atoms with E-state index in [1.165, 1.54) is 70.6 Å². The van der Waals surface area contributed by atoms with Gasteiger partial charge >= 0.3 is 5.97 Å². The fraction of sp³-hybridized carbons (Fsp3) is 0.577. The molecule has 0 atom stereocenters. The first-order valence-electron chi connectivity index (χ1n) is 11.9. The highest BCUT2D eigenvalue weighted by Crippen LogP contribution is 2.37. The van der Waals surface area contributed by atoms with E-state index in [2.05, 4.69) is 40.0 Å². The molecule has 0 fully saturated rings. The number of aromatic amines is 1. The van der Waals surface area contributed by atoms with Crippen LogP contribution in [-0.4, -0.2) is 11.0 Å². The summed E-state index contributed by atoms with van der Waals surface area (Å²) in [6.45, 7) is 2.26. The number of carbonyl (C=O) groups excluding carboxylic acids is 1. The third-order valence-electron chi connectivity index (χ3n) is 5.57. The van der Waals surface area contributed by atoms with E-state index in [1.807, 2.05) is 12.1 Å². The van der Waals surface area contributed by atoms with Gasteiger partial charge in [-0.05, 0) is 60.2 Å². The maximum atomic E-state index is 12.2. The van der Waals surface area contributed by atoms with Gasteiger partial charge in [0, 0.05) is 17.1 Å². The van der Waals surface area contributed by atoms with Gasteiger partial charge in [-0.25, -0.2) is 0 Å². The monoisotopic (exact) mass is 509 g/mol. The van der Waals surface area contributed by atoms with Crippen LogP contribution in [-0.2, 0) is 4.79 Å². The number of hydrogen-bond acceptors (Lipinski definition) is 2. The zero-order valence-corrected chi connectivity index (χ0v) is 21.2. The van der Waals surface area contributed by atoms with Gasteiger partial charge in [-0.1, -0.05) is 82.0 Å². The highest BCUT2D eigenvalue weighted by Gasteiger charge is 2.14. The average Bonchev–Trinajstić information content (AvgIpc) is 3.16. The fourth-order valence-corrected chi connectivity index (χ4v) is 4.31. The van der Waals surface area contributed by atoms with E-state index in [0.29, 0.717) is 17.2 Å². The summed E-state index contributed by atoms with van der Waals surface area (Å²) in [7, 11) is 0. The van der Waals surface area contributed by atoms with E-state index in [-0.39, 0.29) is 5.97 Å². The largest absolute Gasteiger partial charge is 0.424 e. The summed E-state index contributed by atoms with van der Waals surface area (Å²) >= 11 is 9.75.